The molecule has 5 heteroatoms. The van der Waals surface area contributed by atoms with Gasteiger partial charge in [0.25, 0.3) is 0 Å². The number of carbonyl (C=O) groups is 1. The number of hydrogen-bond donors (Lipinski definition) is 3. The summed E-state index contributed by atoms with van der Waals surface area (Å²) in [4.78, 5) is 10.7. The minimum atomic E-state index is -1.09. The average Bonchev–Trinajstić information content (AvgIpc) is 2.28. The first kappa shape index (κ1) is 12.3. The Morgan fingerprint density at radius 1 is 1.44 bits per heavy atom. The molecule has 0 aromatic heterocycles. The third kappa shape index (κ3) is 3.43. The van der Waals surface area contributed by atoms with E-state index in [-0.39, 0.29) is 0 Å². The molecule has 16 heavy (non-hydrogen) atoms. The van der Waals surface area contributed by atoms with Crippen LogP contribution in [0.4, 0.5) is 5.69 Å². The van der Waals surface area contributed by atoms with Gasteiger partial charge in [-0.1, -0.05) is 0 Å². The fourth-order valence-corrected chi connectivity index (χ4v) is 1.20. The largest absolute Gasteiger partial charge is 0.494 e. The second-order valence-electron chi connectivity index (χ2n) is 3.18. The highest BCUT2D eigenvalue weighted by atomic mass is 16.5. The Balaban J connectivity index is 2.63. The van der Waals surface area contributed by atoms with E-state index in [0.717, 1.165) is 5.75 Å². The van der Waals surface area contributed by atoms with E-state index in [9.17, 15) is 4.79 Å². The van der Waals surface area contributed by atoms with Crippen molar-refractivity contribution < 1.29 is 19.7 Å². The van der Waals surface area contributed by atoms with Gasteiger partial charge in [0.2, 0.25) is 0 Å². The number of ether oxygens (including phenoxy) is 1. The minimum Gasteiger partial charge on any atom is -0.494 e. The molecule has 0 radical (unpaired) electrons. The van der Waals surface area contributed by atoms with Gasteiger partial charge in [-0.15, -0.1) is 0 Å². The molecule has 0 amide bonds. The topological polar surface area (TPSA) is 78.8 Å². The molecule has 1 rings (SSSR count). The molecule has 0 aliphatic rings. The molecule has 0 spiro atoms. The highest BCUT2D eigenvalue weighted by Crippen LogP contribution is 2.16. The summed E-state index contributed by atoms with van der Waals surface area (Å²) in [6, 6.07) is 5.90. The lowest BCUT2D eigenvalue weighted by atomic mass is 10.2. The molecule has 5 nitrogen and oxygen atoms in total. The van der Waals surface area contributed by atoms with E-state index in [1.807, 2.05) is 6.92 Å². The predicted octanol–water partition coefficient (Wildman–Crippen LogP) is 0.943. The van der Waals surface area contributed by atoms with Crippen molar-refractivity contribution in [3.05, 3.63) is 24.3 Å². The zero-order valence-electron chi connectivity index (χ0n) is 9.01. The molecule has 1 aromatic rings. The third-order valence-corrected chi connectivity index (χ3v) is 1.99. The van der Waals surface area contributed by atoms with Gasteiger partial charge in [0.1, 0.15) is 11.8 Å². The molecule has 0 bridgehead atoms. The van der Waals surface area contributed by atoms with Gasteiger partial charge in [-0.3, -0.25) is 0 Å². The van der Waals surface area contributed by atoms with Crippen molar-refractivity contribution in [2.45, 2.75) is 13.0 Å². The number of carboxylic acids is 1. The van der Waals surface area contributed by atoms with E-state index < -0.39 is 18.6 Å². The quantitative estimate of drug-likeness (QED) is 0.671. The molecule has 1 unspecified atom stereocenters. The van der Waals surface area contributed by atoms with Crippen LogP contribution < -0.4 is 10.1 Å². The van der Waals surface area contributed by atoms with Crippen LogP contribution in [0.3, 0.4) is 0 Å². The number of carboxylic acid groups (broad SMARTS) is 1. The second-order valence-corrected chi connectivity index (χ2v) is 3.18. The number of aliphatic hydroxyl groups is 1. The normalized spacial score (nSPS) is 11.9. The molecule has 0 heterocycles. The Hall–Kier alpha value is -1.75. The minimum absolute atomic E-state index is 0.456. The lowest BCUT2D eigenvalue weighted by molar-refractivity contribution is -0.138. The molecular formula is C11H15NO4. The average molecular weight is 225 g/mol. The highest BCUT2D eigenvalue weighted by molar-refractivity contribution is 5.77. The van der Waals surface area contributed by atoms with Crippen LogP contribution in [0.1, 0.15) is 6.92 Å². The van der Waals surface area contributed by atoms with Crippen molar-refractivity contribution in [2.75, 3.05) is 18.5 Å². The van der Waals surface area contributed by atoms with Gasteiger partial charge < -0.3 is 20.3 Å². The van der Waals surface area contributed by atoms with Crippen molar-refractivity contribution in [1.29, 1.82) is 0 Å². The van der Waals surface area contributed by atoms with Crippen LogP contribution in [0.15, 0.2) is 24.3 Å². The molecule has 0 saturated carbocycles. The van der Waals surface area contributed by atoms with Gasteiger partial charge in [0, 0.05) is 5.69 Å². The summed E-state index contributed by atoms with van der Waals surface area (Å²) < 4.78 is 5.25. The Morgan fingerprint density at radius 3 is 2.50 bits per heavy atom. The SMILES string of the molecule is CCOc1ccc(NC(CO)C(=O)O)cc1. The van der Waals surface area contributed by atoms with Gasteiger partial charge in [-0.25, -0.2) is 4.79 Å². The maximum absolute atomic E-state index is 10.7. The van der Waals surface area contributed by atoms with E-state index in [2.05, 4.69) is 5.32 Å². The van der Waals surface area contributed by atoms with E-state index in [1.165, 1.54) is 0 Å². The zero-order valence-corrected chi connectivity index (χ0v) is 9.01. The molecule has 1 aromatic carbocycles. The summed E-state index contributed by atoms with van der Waals surface area (Å²) in [5.74, 6) is -0.361. The summed E-state index contributed by atoms with van der Waals surface area (Å²) in [5.41, 5.74) is 0.630. The number of rotatable bonds is 6. The van der Waals surface area contributed by atoms with Crippen molar-refractivity contribution in [3.8, 4) is 5.75 Å². The fourth-order valence-electron chi connectivity index (χ4n) is 1.20. The molecule has 0 aliphatic carbocycles. The number of benzene rings is 1. The number of aliphatic carboxylic acids is 1. The van der Waals surface area contributed by atoms with Crippen LogP contribution in [-0.4, -0.2) is 35.4 Å². The van der Waals surface area contributed by atoms with Gasteiger partial charge >= 0.3 is 5.97 Å². The summed E-state index contributed by atoms with van der Waals surface area (Å²) in [7, 11) is 0. The van der Waals surface area contributed by atoms with Crippen LogP contribution >= 0.6 is 0 Å². The maximum Gasteiger partial charge on any atom is 0.328 e. The molecule has 0 aliphatic heterocycles. The predicted molar refractivity (Wildman–Crippen MR) is 59.7 cm³/mol. The van der Waals surface area contributed by atoms with Crippen LogP contribution in [0.25, 0.3) is 0 Å². The zero-order chi connectivity index (χ0) is 12.0. The van der Waals surface area contributed by atoms with Crippen molar-refractivity contribution in [1.82, 2.24) is 0 Å². The molecule has 0 fully saturated rings. The molecule has 3 N–H and O–H groups in total. The number of hydrogen-bond acceptors (Lipinski definition) is 4. The smallest absolute Gasteiger partial charge is 0.328 e. The molecule has 0 saturated heterocycles. The highest BCUT2D eigenvalue weighted by Gasteiger charge is 2.15. The summed E-state index contributed by atoms with van der Waals surface area (Å²) >= 11 is 0. The summed E-state index contributed by atoms with van der Waals surface area (Å²) in [5, 5.41) is 20.2. The standard InChI is InChI=1S/C11H15NO4/c1-2-16-9-5-3-8(4-6-9)12-10(7-13)11(14)15/h3-6,10,12-13H,2,7H2,1H3,(H,14,15). The van der Waals surface area contributed by atoms with Crippen molar-refractivity contribution in [2.24, 2.45) is 0 Å². The lowest BCUT2D eigenvalue weighted by Crippen LogP contribution is -2.32. The Labute approximate surface area is 93.7 Å². The second kappa shape index (κ2) is 5.97. The number of nitrogens with one attached hydrogen (secondary N) is 1. The van der Waals surface area contributed by atoms with Gasteiger partial charge in [-0.2, -0.15) is 0 Å². The molecule has 88 valence electrons. The molecular weight excluding hydrogens is 210 g/mol. The summed E-state index contributed by atoms with van der Waals surface area (Å²) in [6.07, 6.45) is 0. The van der Waals surface area contributed by atoms with E-state index >= 15 is 0 Å². The van der Waals surface area contributed by atoms with Gasteiger partial charge in [0.15, 0.2) is 0 Å². The van der Waals surface area contributed by atoms with Crippen LogP contribution in [0, 0.1) is 0 Å². The van der Waals surface area contributed by atoms with Crippen molar-refractivity contribution >= 4 is 11.7 Å². The number of aliphatic hydroxyl groups excluding tert-OH is 1. The first-order valence-electron chi connectivity index (χ1n) is 5.00. The Kier molecular flexibility index (Phi) is 4.60. The lowest BCUT2D eigenvalue weighted by Gasteiger charge is -2.13. The van der Waals surface area contributed by atoms with E-state index in [4.69, 9.17) is 14.9 Å². The van der Waals surface area contributed by atoms with Crippen LogP contribution in [-0.2, 0) is 4.79 Å². The fraction of sp³-hybridized carbons (Fsp3) is 0.364. The van der Waals surface area contributed by atoms with Gasteiger partial charge in [-0.05, 0) is 31.2 Å². The summed E-state index contributed by atoms with van der Waals surface area (Å²) in [6.45, 7) is 2.02. The van der Waals surface area contributed by atoms with Crippen LogP contribution in [0.5, 0.6) is 5.75 Å². The first-order valence-corrected chi connectivity index (χ1v) is 5.00. The van der Waals surface area contributed by atoms with E-state index in [0.29, 0.717) is 12.3 Å². The monoisotopic (exact) mass is 225 g/mol. The molecule has 1 atom stereocenters. The third-order valence-electron chi connectivity index (χ3n) is 1.99. The van der Waals surface area contributed by atoms with Crippen LogP contribution in [0.2, 0.25) is 0 Å². The van der Waals surface area contributed by atoms with Crippen molar-refractivity contribution in [3.63, 3.8) is 0 Å². The first-order chi connectivity index (χ1) is 7.67. The van der Waals surface area contributed by atoms with E-state index in [1.54, 1.807) is 24.3 Å². The maximum atomic E-state index is 10.7. The number of anilines is 1. The Bertz CT molecular complexity index is 336. The Morgan fingerprint density at radius 2 is 2.06 bits per heavy atom. The van der Waals surface area contributed by atoms with Gasteiger partial charge in [0.05, 0.1) is 13.2 Å².